The highest BCUT2D eigenvalue weighted by Gasteiger charge is 2.14. The Morgan fingerprint density at radius 2 is 2.04 bits per heavy atom. The van der Waals surface area contributed by atoms with E-state index in [-0.39, 0.29) is 17.3 Å². The number of benzene rings is 1. The van der Waals surface area contributed by atoms with Crippen molar-refractivity contribution < 1.29 is 13.2 Å². The number of carbonyl (C=O) groups excluding carboxylic acids is 1. The van der Waals surface area contributed by atoms with E-state index in [0.29, 0.717) is 22.4 Å². The number of hydrogen-bond donors (Lipinski definition) is 3. The number of primary sulfonamides is 1. The van der Waals surface area contributed by atoms with Crippen LogP contribution in [-0.4, -0.2) is 33.8 Å². The van der Waals surface area contributed by atoms with Gasteiger partial charge in [-0.1, -0.05) is 6.07 Å². The van der Waals surface area contributed by atoms with Gasteiger partial charge >= 0.3 is 0 Å². The van der Waals surface area contributed by atoms with Crippen LogP contribution >= 0.6 is 0 Å². The van der Waals surface area contributed by atoms with Crippen molar-refractivity contribution in [1.82, 2.24) is 19.5 Å². The molecule has 2 aromatic heterocycles. The van der Waals surface area contributed by atoms with Gasteiger partial charge in [-0.05, 0) is 24.6 Å². The highest BCUT2D eigenvalue weighted by Crippen LogP contribution is 2.20. The number of sulfonamides is 1. The molecule has 0 radical (unpaired) electrons. The number of imidazole rings is 1. The topological polar surface area (TPSA) is 159 Å². The van der Waals surface area contributed by atoms with Gasteiger partial charge in [0, 0.05) is 5.69 Å². The summed E-state index contributed by atoms with van der Waals surface area (Å²) in [7, 11) is -3.86. The Labute approximate surface area is 142 Å². The molecule has 0 saturated heterocycles. The molecule has 11 heteroatoms. The van der Waals surface area contributed by atoms with E-state index in [1.807, 2.05) is 0 Å². The first-order valence-corrected chi connectivity index (χ1v) is 8.65. The molecule has 0 bridgehead atoms. The maximum Gasteiger partial charge on any atom is 0.244 e. The van der Waals surface area contributed by atoms with E-state index in [1.54, 1.807) is 13.0 Å². The Morgan fingerprint density at radius 1 is 1.28 bits per heavy atom. The molecule has 0 aliphatic rings. The molecule has 10 nitrogen and oxygen atoms in total. The van der Waals surface area contributed by atoms with Crippen LogP contribution in [0.2, 0.25) is 0 Å². The Hall–Kier alpha value is -3.05. The van der Waals surface area contributed by atoms with Gasteiger partial charge in [-0.2, -0.15) is 0 Å². The molecule has 0 atom stereocenters. The summed E-state index contributed by atoms with van der Waals surface area (Å²) in [5.41, 5.74) is 7.68. The molecule has 0 fully saturated rings. The number of aromatic nitrogens is 4. The standard InChI is InChI=1S/C14H15N7O3S/c1-8-2-3-9(25(16,23)24)4-10(8)20-11(22)5-21-7-19-14-12(21)13(15)17-6-18-14/h2-4,6-7H,5H2,1H3,(H,20,22)(H2,15,17,18)(H2,16,23,24). The van der Waals surface area contributed by atoms with Crippen molar-refractivity contribution in [3.63, 3.8) is 0 Å². The summed E-state index contributed by atoms with van der Waals surface area (Å²) in [5, 5.41) is 7.77. The van der Waals surface area contributed by atoms with Gasteiger partial charge in [0.2, 0.25) is 15.9 Å². The monoisotopic (exact) mass is 361 g/mol. The van der Waals surface area contributed by atoms with Crippen LogP contribution in [0.25, 0.3) is 11.2 Å². The maximum atomic E-state index is 12.3. The van der Waals surface area contributed by atoms with Crippen molar-refractivity contribution in [1.29, 1.82) is 0 Å². The van der Waals surface area contributed by atoms with Gasteiger partial charge in [0.25, 0.3) is 0 Å². The van der Waals surface area contributed by atoms with Crippen molar-refractivity contribution in [2.45, 2.75) is 18.4 Å². The molecule has 0 saturated carbocycles. The summed E-state index contributed by atoms with van der Waals surface area (Å²) < 4.78 is 24.4. The smallest absolute Gasteiger partial charge is 0.244 e. The molecule has 0 spiro atoms. The molecule has 1 amide bonds. The lowest BCUT2D eigenvalue weighted by atomic mass is 10.2. The van der Waals surface area contributed by atoms with Crippen LogP contribution in [0.3, 0.4) is 0 Å². The Morgan fingerprint density at radius 3 is 2.76 bits per heavy atom. The lowest BCUT2D eigenvalue weighted by molar-refractivity contribution is -0.116. The second kappa shape index (κ2) is 6.11. The molecule has 0 unspecified atom stereocenters. The average molecular weight is 361 g/mol. The fourth-order valence-corrected chi connectivity index (χ4v) is 2.85. The molecule has 0 aliphatic carbocycles. The normalized spacial score (nSPS) is 11.6. The van der Waals surface area contributed by atoms with Crippen LogP contribution in [0, 0.1) is 6.92 Å². The average Bonchev–Trinajstić information content (AvgIpc) is 2.92. The number of amides is 1. The SMILES string of the molecule is Cc1ccc(S(N)(=O)=O)cc1NC(=O)Cn1cnc2ncnc(N)c21. The van der Waals surface area contributed by atoms with Gasteiger partial charge in [-0.25, -0.2) is 28.5 Å². The third-order valence-corrected chi connectivity index (χ3v) is 4.47. The van der Waals surface area contributed by atoms with E-state index >= 15 is 0 Å². The number of fused-ring (bicyclic) bond motifs is 1. The van der Waals surface area contributed by atoms with Crippen LogP contribution in [0.4, 0.5) is 11.5 Å². The van der Waals surface area contributed by atoms with Crippen molar-refractivity contribution in [3.05, 3.63) is 36.4 Å². The zero-order chi connectivity index (χ0) is 18.2. The Bertz CT molecular complexity index is 1080. The van der Waals surface area contributed by atoms with E-state index in [1.165, 1.54) is 29.4 Å². The van der Waals surface area contributed by atoms with Crippen LogP contribution in [-0.2, 0) is 21.4 Å². The summed E-state index contributed by atoms with van der Waals surface area (Å²) in [6, 6.07) is 4.25. The molecule has 2 heterocycles. The van der Waals surface area contributed by atoms with Gasteiger partial charge in [0.15, 0.2) is 11.5 Å². The first-order valence-electron chi connectivity index (χ1n) is 7.10. The molecule has 5 N–H and O–H groups in total. The van der Waals surface area contributed by atoms with Crippen molar-refractivity contribution in [2.24, 2.45) is 5.14 Å². The number of nitrogens with two attached hydrogens (primary N) is 2. The predicted molar refractivity (Wildman–Crippen MR) is 90.9 cm³/mol. The molecule has 3 aromatic rings. The van der Waals surface area contributed by atoms with Crippen LogP contribution in [0.15, 0.2) is 35.7 Å². The molecular weight excluding hydrogens is 346 g/mol. The minimum atomic E-state index is -3.86. The maximum absolute atomic E-state index is 12.3. The van der Waals surface area contributed by atoms with Crippen LogP contribution in [0.1, 0.15) is 5.56 Å². The number of rotatable bonds is 4. The van der Waals surface area contributed by atoms with E-state index in [2.05, 4.69) is 20.3 Å². The quantitative estimate of drug-likeness (QED) is 0.590. The molecule has 0 aliphatic heterocycles. The van der Waals surface area contributed by atoms with E-state index in [4.69, 9.17) is 10.9 Å². The lowest BCUT2D eigenvalue weighted by Crippen LogP contribution is -2.20. The van der Waals surface area contributed by atoms with Crippen LogP contribution < -0.4 is 16.2 Å². The number of nitrogens with zero attached hydrogens (tertiary/aromatic N) is 4. The first-order chi connectivity index (χ1) is 11.8. The van der Waals surface area contributed by atoms with E-state index in [9.17, 15) is 13.2 Å². The molecular formula is C14H15N7O3S. The van der Waals surface area contributed by atoms with Crippen molar-refractivity contribution in [2.75, 3.05) is 11.1 Å². The minimum Gasteiger partial charge on any atom is -0.382 e. The Balaban J connectivity index is 1.86. The molecule has 1 aromatic carbocycles. The molecule has 25 heavy (non-hydrogen) atoms. The fraction of sp³-hybridized carbons (Fsp3) is 0.143. The lowest BCUT2D eigenvalue weighted by Gasteiger charge is -2.11. The van der Waals surface area contributed by atoms with Gasteiger partial charge in [-0.3, -0.25) is 4.79 Å². The Kier molecular flexibility index (Phi) is 4.10. The summed E-state index contributed by atoms with van der Waals surface area (Å²) in [5.74, 6) is -0.181. The number of nitrogens with one attached hydrogen (secondary N) is 1. The van der Waals surface area contributed by atoms with Crippen molar-refractivity contribution in [3.8, 4) is 0 Å². The van der Waals surface area contributed by atoms with Gasteiger partial charge in [0.05, 0.1) is 11.2 Å². The number of aryl methyl sites for hydroxylation is 1. The summed E-state index contributed by atoms with van der Waals surface area (Å²) >= 11 is 0. The zero-order valence-electron chi connectivity index (χ0n) is 13.2. The van der Waals surface area contributed by atoms with Gasteiger partial charge in [-0.15, -0.1) is 0 Å². The van der Waals surface area contributed by atoms with Gasteiger partial charge in [0.1, 0.15) is 18.4 Å². The first kappa shape index (κ1) is 16.8. The fourth-order valence-electron chi connectivity index (χ4n) is 2.31. The molecule has 130 valence electrons. The van der Waals surface area contributed by atoms with Crippen molar-refractivity contribution >= 4 is 38.6 Å². The van der Waals surface area contributed by atoms with Crippen LogP contribution in [0.5, 0.6) is 0 Å². The largest absolute Gasteiger partial charge is 0.382 e. The van der Waals surface area contributed by atoms with Gasteiger partial charge < -0.3 is 15.6 Å². The van der Waals surface area contributed by atoms with E-state index < -0.39 is 15.9 Å². The zero-order valence-corrected chi connectivity index (χ0v) is 14.0. The third-order valence-electron chi connectivity index (χ3n) is 3.56. The number of nitrogen functional groups attached to an aromatic ring is 1. The number of carbonyl (C=O) groups is 1. The molecule has 3 rings (SSSR count). The highest BCUT2D eigenvalue weighted by molar-refractivity contribution is 7.89. The minimum absolute atomic E-state index is 0.0841. The predicted octanol–water partition coefficient (Wildman–Crippen LogP) is 0.00302. The second-order valence-corrected chi connectivity index (χ2v) is 6.93. The third kappa shape index (κ3) is 3.41. The second-order valence-electron chi connectivity index (χ2n) is 5.37. The number of hydrogen-bond acceptors (Lipinski definition) is 7. The highest BCUT2D eigenvalue weighted by atomic mass is 32.2. The van der Waals surface area contributed by atoms with E-state index in [0.717, 1.165) is 0 Å². The number of anilines is 2. The summed E-state index contributed by atoms with van der Waals surface area (Å²) in [4.78, 5) is 24.2. The summed E-state index contributed by atoms with van der Waals surface area (Å²) in [6.45, 7) is 1.65. The summed E-state index contributed by atoms with van der Waals surface area (Å²) in [6.07, 6.45) is 2.72.